The van der Waals surface area contributed by atoms with E-state index in [0.717, 1.165) is 0 Å². The Kier molecular flexibility index (Phi) is 42.8. The van der Waals surface area contributed by atoms with E-state index >= 15 is 43.2 Å². The lowest BCUT2D eigenvalue weighted by Crippen LogP contribution is -2.52. The van der Waals surface area contributed by atoms with Crippen molar-refractivity contribution in [1.82, 2.24) is 75.6 Å². The number of nitrogens with one attached hydrogen (secondary N) is 10. The first-order valence-corrected chi connectivity index (χ1v) is 40.6. The predicted octanol–water partition coefficient (Wildman–Crippen LogP) is 1.82. The molecule has 1 saturated heterocycles. The number of rotatable bonds is 35. The summed E-state index contributed by atoms with van der Waals surface area (Å²) >= 11 is 0. The number of Topliss-reactive ketones (excluding diaryl/α,β-unsaturated/α-hetero) is 1. The zero-order valence-corrected chi connectivity index (χ0v) is 68.5. The van der Waals surface area contributed by atoms with E-state index in [9.17, 15) is 4.79 Å². The molecule has 0 bridgehead atoms. The fourth-order valence-electron chi connectivity index (χ4n) is 13.3. The van der Waals surface area contributed by atoms with E-state index < -0.39 is 106 Å². The third kappa shape index (κ3) is 38.8. The van der Waals surface area contributed by atoms with Crippen LogP contribution in [0.2, 0.25) is 0 Å². The van der Waals surface area contributed by atoms with Crippen molar-refractivity contribution in [2.45, 2.75) is 116 Å². The van der Waals surface area contributed by atoms with Gasteiger partial charge in [-0.1, -0.05) is 152 Å². The third-order valence-electron chi connectivity index (χ3n) is 19.7. The van der Waals surface area contributed by atoms with Crippen LogP contribution in [0.1, 0.15) is 111 Å². The van der Waals surface area contributed by atoms with Crippen molar-refractivity contribution in [3.63, 3.8) is 0 Å². The Morgan fingerprint density at radius 2 is 0.454 bits per heavy atom. The molecule has 1 heterocycles. The van der Waals surface area contributed by atoms with Crippen LogP contribution < -0.4 is 55.3 Å². The molecular formula is C84H123N25O10. The molecule has 0 atom stereocenters. The maximum Gasteiger partial charge on any atom is 0.242 e. The van der Waals surface area contributed by atoms with Crippen LogP contribution in [-0.2, 0) is 80.7 Å². The van der Waals surface area contributed by atoms with Crippen molar-refractivity contribution < 1.29 is 47.9 Å². The van der Waals surface area contributed by atoms with Crippen LogP contribution in [-0.4, -0.2) is 275 Å². The summed E-state index contributed by atoms with van der Waals surface area (Å²) in [7, 11) is 0. The molecule has 1 aliphatic rings. The number of nitrogens with zero attached hydrogens (tertiary/aromatic N) is 10. The first kappa shape index (κ1) is 95.2. The number of benzene rings is 5. The molecular weight excluding hydrogens is 1520 g/mol. The zero-order chi connectivity index (χ0) is 86.1. The van der Waals surface area contributed by atoms with E-state index in [-0.39, 0.29) is 153 Å². The number of nitrogens with two attached hydrogens (primary N) is 5. The molecule has 119 heavy (non-hydrogen) atoms. The van der Waals surface area contributed by atoms with Gasteiger partial charge in [0.2, 0.25) is 53.2 Å². The Labute approximate surface area is 697 Å². The second kappa shape index (κ2) is 53.5. The lowest BCUT2D eigenvalue weighted by atomic mass is 10.1. The number of hydrogen-bond acceptors (Lipinski definition) is 16. The van der Waals surface area contributed by atoms with Gasteiger partial charge in [0.15, 0.2) is 35.6 Å². The molecule has 644 valence electrons. The molecule has 20 N–H and O–H groups in total. The minimum atomic E-state index is -0.696. The Hall–Kier alpha value is -12.7. The predicted molar refractivity (Wildman–Crippen MR) is 457 cm³/mol. The van der Waals surface area contributed by atoms with Gasteiger partial charge in [0.25, 0.3) is 0 Å². The standard InChI is InChI=1S/C84H123N25O10/c85-80(86)95-39-17-23-45-100-44-22-16-38-70(110)55-105(50-65-28-6-1-7-29-65)76(116)57-101(46-24-18-40-96-81(87)88)73(113)62-107(52-67-32-10-3-11-33-67)78(118)59-103(48-26-20-42-98-83(91)92)75(115)64-109(54-69-36-14-5-15-37-69)79(119)60-104(49-27-21-43-99-84(93)94)74(114)63-108(53-68-34-12-4-13-35-68)77(117)58-102(47-25-19-41-97-82(89)90)72(112)61-106(71(111)56-100)51-66-30-8-2-9-31-66/h1-15,28-37H,16-27,38-64H2,(H4,85,86,95)(H4,87,88,96)(H4,89,90,97)(H4,91,92,98)(H4,93,94,99). The van der Waals surface area contributed by atoms with E-state index in [1.807, 2.05) is 53.4 Å². The maximum absolute atomic E-state index is 15.5. The number of amides is 9. The average molecular weight is 1640 g/mol. The molecule has 1 fully saturated rings. The Bertz CT molecular complexity index is 4060. The summed E-state index contributed by atoms with van der Waals surface area (Å²) in [5.41, 5.74) is 31.5. The van der Waals surface area contributed by atoms with Gasteiger partial charge in [-0.2, -0.15) is 0 Å². The quantitative estimate of drug-likeness (QED) is 0.0156. The van der Waals surface area contributed by atoms with Crippen molar-refractivity contribution in [2.24, 2.45) is 28.7 Å². The second-order valence-electron chi connectivity index (χ2n) is 29.4. The first-order chi connectivity index (χ1) is 57.3. The molecule has 0 radical (unpaired) electrons. The number of hydrogen-bond donors (Lipinski definition) is 15. The fourth-order valence-corrected chi connectivity index (χ4v) is 13.3. The maximum atomic E-state index is 15.5. The average Bonchev–Trinajstić information content (AvgIpc) is 0.848. The van der Waals surface area contributed by atoms with Crippen molar-refractivity contribution >= 4 is 88.7 Å². The SMILES string of the molecule is N=C(N)NCCCCN1CCCCC(=O)CN(Cc2ccccc2)C(=O)CN(CCCCNC(=N)N)C(=O)CN(Cc2ccccc2)C(=O)CN(CCCCNC(=N)N)C(=O)CN(Cc2ccccc2)C(=O)CN(CCCCNC(=N)N)C(=O)CN(Cc2ccccc2)C(=O)CN(CCCCNC(=N)N)C(=O)CN(Cc2ccccc2)C(=O)C1. The normalized spacial score (nSPS) is 15.4. The molecule has 0 aliphatic carbocycles. The van der Waals surface area contributed by atoms with E-state index in [0.29, 0.717) is 112 Å². The van der Waals surface area contributed by atoms with E-state index in [2.05, 4.69) is 26.6 Å². The Morgan fingerprint density at radius 3 is 0.689 bits per heavy atom. The van der Waals surface area contributed by atoms with Crippen LogP contribution in [0.4, 0.5) is 0 Å². The van der Waals surface area contributed by atoms with Crippen molar-refractivity contribution in [2.75, 3.05) is 137 Å². The minimum absolute atomic E-state index is 0.00780. The van der Waals surface area contributed by atoms with Crippen LogP contribution >= 0.6 is 0 Å². The number of carbonyl (C=O) groups excluding carboxylic acids is 10. The molecule has 0 aromatic heterocycles. The fraction of sp³-hybridized carbons (Fsp3) is 0.464. The third-order valence-corrected chi connectivity index (χ3v) is 19.7. The summed E-state index contributed by atoms with van der Waals surface area (Å²) in [6, 6.07) is 44.7. The number of carbonyl (C=O) groups is 10. The van der Waals surface area contributed by atoms with Gasteiger partial charge in [-0.3, -0.25) is 79.9 Å². The molecule has 35 heteroatoms. The molecule has 0 spiro atoms. The first-order valence-electron chi connectivity index (χ1n) is 40.6. The monoisotopic (exact) mass is 1640 g/mol. The molecule has 0 unspecified atom stereocenters. The number of guanidine groups is 5. The molecule has 9 amide bonds. The second-order valence-corrected chi connectivity index (χ2v) is 29.4. The number of ketones is 1. The molecule has 35 nitrogen and oxygen atoms in total. The summed E-state index contributed by atoms with van der Waals surface area (Å²) in [6.07, 6.45) is 4.54. The van der Waals surface area contributed by atoms with Gasteiger partial charge < -0.3 is 99.4 Å². The molecule has 6 rings (SSSR count). The Balaban J connectivity index is 1.50. The van der Waals surface area contributed by atoms with Crippen LogP contribution in [0, 0.1) is 27.0 Å². The highest BCUT2D eigenvalue weighted by Crippen LogP contribution is 2.18. The molecule has 1 aliphatic heterocycles. The summed E-state index contributed by atoms with van der Waals surface area (Å²) in [5, 5.41) is 52.8. The van der Waals surface area contributed by atoms with Gasteiger partial charge in [-0.25, -0.2) is 0 Å². The van der Waals surface area contributed by atoms with Crippen LogP contribution in [0.5, 0.6) is 0 Å². The smallest absolute Gasteiger partial charge is 0.242 e. The zero-order valence-electron chi connectivity index (χ0n) is 68.5. The Morgan fingerprint density at radius 1 is 0.252 bits per heavy atom. The summed E-state index contributed by atoms with van der Waals surface area (Å²) in [4.78, 5) is 167. The lowest BCUT2D eigenvalue weighted by molar-refractivity contribution is -0.149. The summed E-state index contributed by atoms with van der Waals surface area (Å²) < 4.78 is 0. The highest BCUT2D eigenvalue weighted by atomic mass is 16.2. The van der Waals surface area contributed by atoms with Crippen LogP contribution in [0.15, 0.2) is 152 Å². The topological polar surface area (TPSA) is 513 Å². The van der Waals surface area contributed by atoms with Gasteiger partial charge >= 0.3 is 0 Å². The largest absolute Gasteiger partial charge is 0.370 e. The van der Waals surface area contributed by atoms with Crippen LogP contribution in [0.3, 0.4) is 0 Å². The van der Waals surface area contributed by atoms with Crippen LogP contribution in [0.25, 0.3) is 0 Å². The highest BCUT2D eigenvalue weighted by Gasteiger charge is 2.33. The van der Waals surface area contributed by atoms with Crippen molar-refractivity contribution in [3.8, 4) is 0 Å². The van der Waals surface area contributed by atoms with E-state index in [1.165, 1.54) is 44.1 Å². The van der Waals surface area contributed by atoms with Crippen molar-refractivity contribution in [1.29, 1.82) is 27.0 Å². The van der Waals surface area contributed by atoms with E-state index in [1.54, 1.807) is 103 Å². The van der Waals surface area contributed by atoms with Gasteiger partial charge in [0.1, 0.15) is 26.2 Å². The summed E-state index contributed by atoms with van der Waals surface area (Å²) in [5.74, 6) is -7.19. The van der Waals surface area contributed by atoms with Gasteiger partial charge in [0.05, 0.1) is 39.3 Å². The van der Waals surface area contributed by atoms with Crippen molar-refractivity contribution in [3.05, 3.63) is 179 Å². The van der Waals surface area contributed by atoms with Gasteiger partial charge in [0, 0.05) is 98.0 Å². The molecule has 0 saturated carbocycles. The van der Waals surface area contributed by atoms with E-state index in [4.69, 9.17) is 55.7 Å². The summed E-state index contributed by atoms with van der Waals surface area (Å²) in [6.45, 7) is -3.70. The molecule has 5 aromatic rings. The number of unbranched alkanes of at least 4 members (excludes halogenated alkanes) is 5. The minimum Gasteiger partial charge on any atom is -0.370 e. The van der Waals surface area contributed by atoms with Gasteiger partial charge in [-0.05, 0) is 118 Å². The molecule has 5 aromatic carbocycles. The highest BCUT2D eigenvalue weighted by molar-refractivity contribution is 5.95. The lowest BCUT2D eigenvalue weighted by Gasteiger charge is -2.33. The van der Waals surface area contributed by atoms with Gasteiger partial charge in [-0.15, -0.1) is 0 Å².